The summed E-state index contributed by atoms with van der Waals surface area (Å²) in [5.41, 5.74) is 2.84. The molecule has 0 N–H and O–H groups in total. The van der Waals surface area contributed by atoms with Crippen molar-refractivity contribution >= 4 is 15.9 Å². The second-order valence-electron chi connectivity index (χ2n) is 6.96. The molecule has 2 unspecified atom stereocenters. The molecular weight excluding hydrogens is 328 g/mol. The molecule has 0 amide bonds. The van der Waals surface area contributed by atoms with Crippen LogP contribution in [0.5, 0.6) is 5.75 Å². The first-order valence-electron chi connectivity index (χ1n) is 8.09. The summed E-state index contributed by atoms with van der Waals surface area (Å²) < 4.78 is 11.6. The number of halogens is 1. The van der Waals surface area contributed by atoms with Crippen LogP contribution in [0.3, 0.4) is 0 Å². The molecule has 0 spiro atoms. The van der Waals surface area contributed by atoms with Gasteiger partial charge in [-0.15, -0.1) is 0 Å². The Labute approximate surface area is 136 Å². The Bertz CT molecular complexity index is 492. The minimum atomic E-state index is 0.130. The number of alkyl halides is 1. The van der Waals surface area contributed by atoms with E-state index in [9.17, 15) is 0 Å². The van der Waals surface area contributed by atoms with Gasteiger partial charge in [-0.3, -0.25) is 0 Å². The first-order chi connectivity index (χ1) is 10.1. The van der Waals surface area contributed by atoms with E-state index in [4.69, 9.17) is 9.47 Å². The highest BCUT2D eigenvalue weighted by molar-refractivity contribution is 9.09. The molecule has 2 heterocycles. The van der Waals surface area contributed by atoms with Crippen LogP contribution < -0.4 is 4.74 Å². The summed E-state index contributed by atoms with van der Waals surface area (Å²) in [6, 6.07) is 6.65. The largest absolute Gasteiger partial charge is 0.492 e. The smallest absolute Gasteiger partial charge is 0.123 e. The topological polar surface area (TPSA) is 18.5 Å². The van der Waals surface area contributed by atoms with Gasteiger partial charge in [-0.1, -0.05) is 41.9 Å². The molecule has 0 bridgehead atoms. The molecule has 2 atom stereocenters. The summed E-state index contributed by atoms with van der Waals surface area (Å²) in [4.78, 5) is 0.407. The number of benzene rings is 1. The summed E-state index contributed by atoms with van der Waals surface area (Å²) in [7, 11) is 0. The van der Waals surface area contributed by atoms with E-state index in [1.807, 2.05) is 0 Å². The van der Waals surface area contributed by atoms with Gasteiger partial charge in [-0.25, -0.2) is 0 Å². The minimum Gasteiger partial charge on any atom is -0.492 e. The fourth-order valence-electron chi connectivity index (χ4n) is 3.27. The minimum absolute atomic E-state index is 0.130. The predicted octanol–water partition coefficient (Wildman–Crippen LogP) is 5.14. The molecule has 2 aliphatic rings. The second-order valence-corrected chi connectivity index (χ2v) is 8.07. The van der Waals surface area contributed by atoms with E-state index in [1.54, 1.807) is 0 Å². The van der Waals surface area contributed by atoms with Crippen LogP contribution in [0.4, 0.5) is 0 Å². The van der Waals surface area contributed by atoms with E-state index < -0.39 is 0 Å². The molecule has 1 aromatic carbocycles. The first kappa shape index (κ1) is 15.4. The molecule has 2 aliphatic heterocycles. The van der Waals surface area contributed by atoms with Gasteiger partial charge >= 0.3 is 0 Å². The lowest BCUT2D eigenvalue weighted by Crippen LogP contribution is -2.19. The van der Waals surface area contributed by atoms with Crippen LogP contribution in [-0.2, 0) is 10.2 Å². The average Bonchev–Trinajstić information content (AvgIpc) is 2.81. The van der Waals surface area contributed by atoms with Crippen molar-refractivity contribution in [2.45, 2.75) is 62.3 Å². The van der Waals surface area contributed by atoms with Crippen molar-refractivity contribution in [3.05, 3.63) is 29.3 Å². The van der Waals surface area contributed by atoms with Crippen molar-refractivity contribution in [3.8, 4) is 5.75 Å². The van der Waals surface area contributed by atoms with Crippen molar-refractivity contribution in [2.75, 3.05) is 13.2 Å². The lowest BCUT2D eigenvalue weighted by Gasteiger charge is -2.24. The Hall–Kier alpha value is -0.540. The number of hydrogen-bond acceptors (Lipinski definition) is 2. The molecule has 1 saturated heterocycles. The van der Waals surface area contributed by atoms with E-state index in [0.717, 1.165) is 31.8 Å². The lowest BCUT2D eigenvalue weighted by molar-refractivity contribution is 0.0102. The molecule has 21 heavy (non-hydrogen) atoms. The van der Waals surface area contributed by atoms with E-state index >= 15 is 0 Å². The van der Waals surface area contributed by atoms with Gasteiger partial charge in [0.25, 0.3) is 0 Å². The number of rotatable bonds is 4. The van der Waals surface area contributed by atoms with Crippen LogP contribution in [0.15, 0.2) is 18.2 Å². The van der Waals surface area contributed by atoms with Crippen LogP contribution in [0.25, 0.3) is 0 Å². The summed E-state index contributed by atoms with van der Waals surface area (Å²) in [5.74, 6) is 1.05. The highest BCUT2D eigenvalue weighted by Crippen LogP contribution is 2.41. The van der Waals surface area contributed by atoms with Gasteiger partial charge in [0.2, 0.25) is 0 Å². The van der Waals surface area contributed by atoms with E-state index in [2.05, 4.69) is 48.0 Å². The zero-order valence-corrected chi connectivity index (χ0v) is 14.6. The number of hydrogen-bond donors (Lipinski definition) is 0. The molecule has 1 aromatic rings. The van der Waals surface area contributed by atoms with Crippen LogP contribution in [0.1, 0.15) is 61.9 Å². The van der Waals surface area contributed by atoms with Crippen molar-refractivity contribution in [2.24, 2.45) is 0 Å². The lowest BCUT2D eigenvalue weighted by atomic mass is 9.85. The Morgan fingerprint density at radius 3 is 2.95 bits per heavy atom. The highest BCUT2D eigenvalue weighted by Gasteiger charge is 2.32. The highest BCUT2D eigenvalue weighted by atomic mass is 79.9. The summed E-state index contributed by atoms with van der Waals surface area (Å²) in [5, 5.41) is 0. The third-order valence-electron chi connectivity index (χ3n) is 4.70. The van der Waals surface area contributed by atoms with Crippen molar-refractivity contribution in [1.82, 2.24) is 0 Å². The van der Waals surface area contributed by atoms with Gasteiger partial charge in [0.15, 0.2) is 0 Å². The standard InChI is InChI=1S/C18H25BrO2/c1-18(2)12-21-17-9-6-13(11-15(17)18)16(19)8-7-14-5-3-4-10-20-14/h6,9,11,14,16H,3-5,7-8,10,12H2,1-2H3. The van der Waals surface area contributed by atoms with Crippen LogP contribution in [-0.4, -0.2) is 19.3 Å². The third-order valence-corrected chi connectivity index (χ3v) is 5.69. The molecule has 0 saturated carbocycles. The second kappa shape index (κ2) is 6.29. The average molecular weight is 353 g/mol. The summed E-state index contributed by atoms with van der Waals surface area (Å²) >= 11 is 3.86. The maximum Gasteiger partial charge on any atom is 0.123 e. The monoisotopic (exact) mass is 352 g/mol. The fourth-order valence-corrected chi connectivity index (χ4v) is 3.82. The molecule has 2 nitrogen and oxygen atoms in total. The fraction of sp³-hybridized carbons (Fsp3) is 0.667. The normalized spacial score (nSPS) is 25.2. The van der Waals surface area contributed by atoms with Crippen molar-refractivity contribution in [1.29, 1.82) is 0 Å². The van der Waals surface area contributed by atoms with E-state index in [0.29, 0.717) is 10.9 Å². The zero-order chi connectivity index (χ0) is 14.9. The molecule has 0 radical (unpaired) electrons. The Balaban J connectivity index is 1.63. The Morgan fingerprint density at radius 2 is 2.19 bits per heavy atom. The third kappa shape index (κ3) is 3.45. The van der Waals surface area contributed by atoms with Gasteiger partial charge in [0, 0.05) is 22.4 Å². The first-order valence-corrected chi connectivity index (χ1v) is 9.01. The molecule has 0 aliphatic carbocycles. The maximum absolute atomic E-state index is 5.83. The Kier molecular flexibility index (Phi) is 4.60. The molecule has 116 valence electrons. The van der Waals surface area contributed by atoms with Crippen molar-refractivity contribution in [3.63, 3.8) is 0 Å². The van der Waals surface area contributed by atoms with Crippen LogP contribution >= 0.6 is 15.9 Å². The number of ether oxygens (including phenoxy) is 2. The van der Waals surface area contributed by atoms with Gasteiger partial charge in [-0.05, 0) is 43.7 Å². The molecular formula is C18H25BrO2. The SMILES string of the molecule is CC1(C)COc2ccc(C(Br)CCC3CCCCO3)cc21. The van der Waals surface area contributed by atoms with Gasteiger partial charge < -0.3 is 9.47 Å². The van der Waals surface area contributed by atoms with E-state index in [-0.39, 0.29) is 5.41 Å². The van der Waals surface area contributed by atoms with Gasteiger partial charge in [-0.2, -0.15) is 0 Å². The summed E-state index contributed by atoms with van der Waals surface area (Å²) in [6.45, 7) is 6.24. The van der Waals surface area contributed by atoms with Crippen LogP contribution in [0, 0.1) is 0 Å². The van der Waals surface area contributed by atoms with Crippen LogP contribution in [0.2, 0.25) is 0 Å². The van der Waals surface area contributed by atoms with E-state index in [1.165, 1.54) is 30.4 Å². The molecule has 1 fully saturated rings. The maximum atomic E-state index is 5.83. The van der Waals surface area contributed by atoms with Gasteiger partial charge in [0.1, 0.15) is 5.75 Å². The molecule has 3 rings (SSSR count). The van der Waals surface area contributed by atoms with Crippen molar-refractivity contribution < 1.29 is 9.47 Å². The zero-order valence-electron chi connectivity index (χ0n) is 13.0. The molecule has 3 heteroatoms. The summed E-state index contributed by atoms with van der Waals surface area (Å²) in [6.07, 6.45) is 6.52. The Morgan fingerprint density at radius 1 is 1.33 bits per heavy atom. The predicted molar refractivity (Wildman–Crippen MR) is 89.5 cm³/mol. The quantitative estimate of drug-likeness (QED) is 0.698. The number of fused-ring (bicyclic) bond motifs is 1. The molecule has 0 aromatic heterocycles. The van der Waals surface area contributed by atoms with Gasteiger partial charge in [0.05, 0.1) is 12.7 Å².